The van der Waals surface area contributed by atoms with Crippen molar-refractivity contribution >= 4 is 17.0 Å². The summed E-state index contributed by atoms with van der Waals surface area (Å²) in [7, 11) is 1.53. The lowest BCUT2D eigenvalue weighted by atomic mass is 10.2. The first kappa shape index (κ1) is 16.9. The highest BCUT2D eigenvalue weighted by Crippen LogP contribution is 2.14. The number of nitrogens with zero attached hydrogens (tertiary/aromatic N) is 2. The summed E-state index contributed by atoms with van der Waals surface area (Å²) in [6.07, 6.45) is 0.0583. The maximum absolute atomic E-state index is 13.7. The van der Waals surface area contributed by atoms with E-state index in [9.17, 15) is 18.4 Å². The lowest BCUT2D eigenvalue weighted by Gasteiger charge is -2.17. The molecular weight excluding hydrogens is 330 g/mol. The highest BCUT2D eigenvalue weighted by molar-refractivity contribution is 5.76. The number of rotatable bonds is 5. The number of aromatic nitrogens is 1. The second kappa shape index (κ2) is 6.88. The van der Waals surface area contributed by atoms with Crippen molar-refractivity contribution in [3.63, 3.8) is 0 Å². The van der Waals surface area contributed by atoms with E-state index in [1.165, 1.54) is 22.6 Å². The smallest absolute Gasteiger partial charge is 0.408 e. The van der Waals surface area contributed by atoms with E-state index < -0.39 is 17.4 Å². The Labute approximate surface area is 142 Å². The summed E-state index contributed by atoms with van der Waals surface area (Å²) in [5.41, 5.74) is 1.30. The van der Waals surface area contributed by atoms with Crippen LogP contribution < -0.4 is 5.76 Å². The van der Waals surface area contributed by atoms with Gasteiger partial charge in [-0.3, -0.25) is 9.36 Å². The molecular formula is C18H16F2N2O3. The van der Waals surface area contributed by atoms with Crippen LogP contribution in [0.2, 0.25) is 0 Å². The van der Waals surface area contributed by atoms with Crippen LogP contribution in [0.3, 0.4) is 0 Å². The number of fused-ring (bicyclic) bond motifs is 1. The number of carbonyl (C=O) groups is 1. The number of para-hydroxylation sites is 2. The van der Waals surface area contributed by atoms with Gasteiger partial charge in [-0.2, -0.15) is 0 Å². The average molecular weight is 346 g/mol. The summed E-state index contributed by atoms with van der Waals surface area (Å²) >= 11 is 0. The van der Waals surface area contributed by atoms with Gasteiger partial charge in [0, 0.05) is 38.2 Å². The summed E-state index contributed by atoms with van der Waals surface area (Å²) in [4.78, 5) is 25.5. The van der Waals surface area contributed by atoms with Crippen LogP contribution in [0.1, 0.15) is 12.0 Å². The zero-order chi connectivity index (χ0) is 18.0. The molecule has 0 N–H and O–H groups in total. The molecule has 0 atom stereocenters. The van der Waals surface area contributed by atoms with Gasteiger partial charge in [-0.25, -0.2) is 13.6 Å². The Balaban J connectivity index is 1.67. The predicted molar refractivity (Wildman–Crippen MR) is 87.9 cm³/mol. The number of benzene rings is 2. The van der Waals surface area contributed by atoms with Gasteiger partial charge in [0.15, 0.2) is 5.58 Å². The Morgan fingerprint density at radius 3 is 2.72 bits per heavy atom. The number of hydrogen-bond acceptors (Lipinski definition) is 3. The second-order valence-electron chi connectivity index (χ2n) is 5.72. The molecule has 0 spiro atoms. The molecule has 0 saturated heterocycles. The third-order valence-corrected chi connectivity index (χ3v) is 3.97. The number of carbonyl (C=O) groups excluding carboxylic acids is 1. The minimum Gasteiger partial charge on any atom is -0.408 e. The quantitative estimate of drug-likeness (QED) is 0.714. The molecule has 0 saturated carbocycles. The van der Waals surface area contributed by atoms with Gasteiger partial charge < -0.3 is 9.32 Å². The molecule has 5 nitrogen and oxygen atoms in total. The molecule has 1 aromatic heterocycles. The van der Waals surface area contributed by atoms with Gasteiger partial charge in [0.1, 0.15) is 11.6 Å². The van der Waals surface area contributed by atoms with Crippen LogP contribution in [0.4, 0.5) is 8.78 Å². The van der Waals surface area contributed by atoms with Crippen LogP contribution in [0, 0.1) is 11.6 Å². The van der Waals surface area contributed by atoms with Crippen molar-refractivity contribution in [2.45, 2.75) is 19.5 Å². The number of oxazole rings is 1. The van der Waals surface area contributed by atoms with Crippen molar-refractivity contribution in [2.75, 3.05) is 7.05 Å². The molecule has 0 radical (unpaired) electrons. The molecule has 130 valence electrons. The van der Waals surface area contributed by atoms with Crippen LogP contribution in [0.25, 0.3) is 11.1 Å². The number of amides is 1. The van der Waals surface area contributed by atoms with Gasteiger partial charge >= 0.3 is 5.76 Å². The number of hydrogen-bond donors (Lipinski definition) is 0. The van der Waals surface area contributed by atoms with Crippen molar-refractivity contribution in [3.8, 4) is 0 Å². The molecule has 7 heteroatoms. The van der Waals surface area contributed by atoms with Gasteiger partial charge in [0.25, 0.3) is 0 Å². The third kappa shape index (κ3) is 3.60. The van der Waals surface area contributed by atoms with Gasteiger partial charge in [-0.15, -0.1) is 0 Å². The number of aryl methyl sites for hydroxylation is 1. The highest BCUT2D eigenvalue weighted by Gasteiger charge is 2.15. The van der Waals surface area contributed by atoms with E-state index in [2.05, 4.69) is 0 Å². The van der Waals surface area contributed by atoms with E-state index in [-0.39, 0.29) is 31.0 Å². The Morgan fingerprint density at radius 2 is 1.96 bits per heavy atom. The molecule has 0 fully saturated rings. The zero-order valence-corrected chi connectivity index (χ0v) is 13.5. The largest absolute Gasteiger partial charge is 0.419 e. The Morgan fingerprint density at radius 1 is 1.20 bits per heavy atom. The van der Waals surface area contributed by atoms with Crippen LogP contribution >= 0.6 is 0 Å². The summed E-state index contributed by atoms with van der Waals surface area (Å²) < 4.78 is 33.1. The Hall–Kier alpha value is -2.96. The predicted octanol–water partition coefficient (Wildman–Crippen LogP) is 2.92. The summed E-state index contributed by atoms with van der Waals surface area (Å²) in [6, 6.07) is 10.2. The van der Waals surface area contributed by atoms with Gasteiger partial charge in [0.05, 0.1) is 5.52 Å². The van der Waals surface area contributed by atoms with E-state index in [0.717, 1.165) is 12.1 Å². The highest BCUT2D eigenvalue weighted by atomic mass is 19.1. The molecule has 0 bridgehead atoms. The minimum atomic E-state index is -0.698. The average Bonchev–Trinajstić information content (AvgIpc) is 2.90. The first-order valence-corrected chi connectivity index (χ1v) is 7.72. The fourth-order valence-electron chi connectivity index (χ4n) is 2.62. The summed E-state index contributed by atoms with van der Waals surface area (Å²) in [5.74, 6) is -2.15. The van der Waals surface area contributed by atoms with Crippen LogP contribution in [0.15, 0.2) is 51.7 Å². The molecule has 1 heterocycles. The Bertz CT molecular complexity index is 978. The second-order valence-corrected chi connectivity index (χ2v) is 5.72. The molecule has 25 heavy (non-hydrogen) atoms. The molecule has 2 aromatic carbocycles. The van der Waals surface area contributed by atoms with Gasteiger partial charge in [-0.05, 0) is 18.2 Å². The molecule has 0 unspecified atom stereocenters. The maximum atomic E-state index is 13.7. The third-order valence-electron chi connectivity index (χ3n) is 3.97. The van der Waals surface area contributed by atoms with E-state index in [0.29, 0.717) is 11.1 Å². The SMILES string of the molecule is CN(Cc1ccc(F)cc1F)C(=O)CCn1c(=O)oc2ccccc21. The fraction of sp³-hybridized carbons (Fsp3) is 0.222. The van der Waals surface area contributed by atoms with Gasteiger partial charge in [-0.1, -0.05) is 18.2 Å². The van der Waals surface area contributed by atoms with E-state index >= 15 is 0 Å². The monoisotopic (exact) mass is 346 g/mol. The lowest BCUT2D eigenvalue weighted by Crippen LogP contribution is -2.28. The van der Waals surface area contributed by atoms with Crippen molar-refractivity contribution in [1.82, 2.24) is 9.47 Å². The Kier molecular flexibility index (Phi) is 4.65. The maximum Gasteiger partial charge on any atom is 0.419 e. The number of halogens is 2. The standard InChI is InChI=1S/C18H16F2N2O3/c1-21(11-12-6-7-13(19)10-14(12)20)17(23)8-9-22-15-4-2-3-5-16(15)25-18(22)24/h2-7,10H,8-9,11H2,1H3. The van der Waals surface area contributed by atoms with Crippen LogP contribution in [-0.4, -0.2) is 22.4 Å². The lowest BCUT2D eigenvalue weighted by molar-refractivity contribution is -0.130. The molecule has 3 aromatic rings. The first-order chi connectivity index (χ1) is 12.0. The zero-order valence-electron chi connectivity index (χ0n) is 13.5. The molecule has 0 aliphatic rings. The van der Waals surface area contributed by atoms with Crippen LogP contribution in [-0.2, 0) is 17.9 Å². The van der Waals surface area contributed by atoms with Crippen molar-refractivity contribution in [3.05, 3.63) is 70.2 Å². The topological polar surface area (TPSA) is 55.5 Å². The van der Waals surface area contributed by atoms with Crippen LogP contribution in [0.5, 0.6) is 0 Å². The first-order valence-electron chi connectivity index (χ1n) is 7.72. The molecule has 1 amide bonds. The molecule has 3 rings (SSSR count). The minimum absolute atomic E-state index is 0.0198. The van der Waals surface area contributed by atoms with Crippen molar-refractivity contribution < 1.29 is 18.0 Å². The molecule has 0 aliphatic heterocycles. The van der Waals surface area contributed by atoms with Crippen molar-refractivity contribution in [1.29, 1.82) is 0 Å². The van der Waals surface area contributed by atoms with E-state index in [1.807, 2.05) is 0 Å². The summed E-state index contributed by atoms with van der Waals surface area (Å²) in [5, 5.41) is 0. The van der Waals surface area contributed by atoms with E-state index in [1.54, 1.807) is 24.3 Å². The summed E-state index contributed by atoms with van der Waals surface area (Å²) in [6.45, 7) is 0.177. The molecule has 0 aliphatic carbocycles. The van der Waals surface area contributed by atoms with Gasteiger partial charge in [0.2, 0.25) is 5.91 Å². The normalized spacial score (nSPS) is 11.0. The van der Waals surface area contributed by atoms with Crippen molar-refractivity contribution in [2.24, 2.45) is 0 Å². The fourth-order valence-corrected chi connectivity index (χ4v) is 2.62. The van der Waals surface area contributed by atoms with E-state index in [4.69, 9.17) is 4.42 Å².